The van der Waals surface area contributed by atoms with Gasteiger partial charge in [0, 0.05) is 25.2 Å². The fourth-order valence-corrected chi connectivity index (χ4v) is 3.73. The third-order valence-electron chi connectivity index (χ3n) is 4.57. The molecule has 214 valence electrons. The number of benzene rings is 1. The lowest BCUT2D eigenvalue weighted by Gasteiger charge is -2.16. The Kier molecular flexibility index (Phi) is 15.1. The molecule has 0 fully saturated rings. The summed E-state index contributed by atoms with van der Waals surface area (Å²) >= 11 is 0. The molecule has 1 aromatic carbocycles. The summed E-state index contributed by atoms with van der Waals surface area (Å²) in [6, 6.07) is 4.35. The van der Waals surface area contributed by atoms with E-state index >= 15 is 0 Å². The first-order valence-electron chi connectivity index (χ1n) is 11.8. The van der Waals surface area contributed by atoms with Crippen LogP contribution in [0.4, 0.5) is 9.59 Å². The van der Waals surface area contributed by atoms with Gasteiger partial charge < -0.3 is 41.0 Å². The lowest BCUT2D eigenvalue weighted by Crippen LogP contribution is -2.49. The Morgan fingerprint density at radius 1 is 0.947 bits per heavy atom. The molecular formula is C22H35N5O10S. The highest BCUT2D eigenvalue weighted by atomic mass is 32.2. The van der Waals surface area contributed by atoms with E-state index < -0.39 is 52.4 Å². The number of amides is 3. The van der Waals surface area contributed by atoms with Crippen LogP contribution in [-0.2, 0) is 24.3 Å². The van der Waals surface area contributed by atoms with E-state index in [2.05, 4.69) is 16.0 Å². The number of nitrogens with two attached hydrogens (primary N) is 1. The van der Waals surface area contributed by atoms with Gasteiger partial charge in [-0.2, -0.15) is 4.72 Å². The predicted molar refractivity (Wildman–Crippen MR) is 135 cm³/mol. The predicted octanol–water partition coefficient (Wildman–Crippen LogP) is -0.621. The van der Waals surface area contributed by atoms with Crippen LogP contribution in [-0.4, -0.2) is 95.4 Å². The molecule has 0 unspecified atom stereocenters. The number of ether oxygens (including phenoxy) is 3. The van der Waals surface area contributed by atoms with Crippen molar-refractivity contribution < 1.29 is 46.9 Å². The molecule has 1 atom stereocenters. The zero-order chi connectivity index (χ0) is 28.4. The van der Waals surface area contributed by atoms with Gasteiger partial charge in [0.2, 0.25) is 10.0 Å². The van der Waals surface area contributed by atoms with Gasteiger partial charge in [-0.05, 0) is 30.7 Å². The number of carbonyl (C=O) groups excluding carboxylic acids is 3. The summed E-state index contributed by atoms with van der Waals surface area (Å²) in [6.07, 6.45) is 0.0295. The number of carboxylic acid groups (broad SMARTS) is 1. The molecule has 38 heavy (non-hydrogen) atoms. The molecule has 7 N–H and O–H groups in total. The third kappa shape index (κ3) is 14.2. The van der Waals surface area contributed by atoms with Crippen LogP contribution < -0.4 is 31.1 Å². The minimum atomic E-state index is -4.15. The van der Waals surface area contributed by atoms with Crippen molar-refractivity contribution in [3.63, 3.8) is 0 Å². The first kappa shape index (κ1) is 32.4. The van der Waals surface area contributed by atoms with Gasteiger partial charge in [0.25, 0.3) is 5.91 Å². The smallest absolute Gasteiger partial charge is 0.407 e. The number of sulfonamides is 1. The van der Waals surface area contributed by atoms with Crippen molar-refractivity contribution in [1.82, 2.24) is 20.7 Å². The fourth-order valence-electron chi connectivity index (χ4n) is 2.63. The topological polar surface area (TPSA) is 224 Å². The first-order valence-corrected chi connectivity index (χ1v) is 13.5. The van der Waals surface area contributed by atoms with E-state index in [4.69, 9.17) is 19.9 Å². The van der Waals surface area contributed by atoms with Crippen LogP contribution in [0.1, 0.15) is 30.1 Å². The molecule has 0 bridgehead atoms. The lowest BCUT2D eigenvalue weighted by molar-refractivity contribution is -0.138. The number of hydrogen-bond acceptors (Lipinski definition) is 10. The average Bonchev–Trinajstić information content (AvgIpc) is 2.87. The molecule has 0 aliphatic carbocycles. The SMILES string of the molecule is CCCCOC(=O)NCCOC(=O)NCCS(=O)(=O)N[C@@H](CNC(=O)c1ccc(OCCN)cc1)C(=O)O. The maximum Gasteiger partial charge on any atom is 0.407 e. The number of rotatable bonds is 18. The Balaban J connectivity index is 2.38. The van der Waals surface area contributed by atoms with Crippen molar-refractivity contribution in [2.45, 2.75) is 25.8 Å². The van der Waals surface area contributed by atoms with E-state index in [1.807, 2.05) is 11.6 Å². The van der Waals surface area contributed by atoms with Gasteiger partial charge in [-0.1, -0.05) is 13.3 Å². The minimum Gasteiger partial charge on any atom is -0.492 e. The zero-order valence-electron chi connectivity index (χ0n) is 21.1. The maximum atomic E-state index is 12.3. The molecule has 0 radical (unpaired) electrons. The Hall–Kier alpha value is -3.63. The van der Waals surface area contributed by atoms with Gasteiger partial charge in [0.1, 0.15) is 25.0 Å². The van der Waals surface area contributed by atoms with Crippen molar-refractivity contribution in [3.05, 3.63) is 29.8 Å². The monoisotopic (exact) mass is 561 g/mol. The largest absolute Gasteiger partial charge is 0.492 e. The fraction of sp³-hybridized carbons (Fsp3) is 0.545. The number of nitrogens with one attached hydrogen (secondary N) is 4. The molecule has 0 aliphatic rings. The zero-order valence-corrected chi connectivity index (χ0v) is 21.9. The van der Waals surface area contributed by atoms with Crippen LogP contribution in [0.5, 0.6) is 5.75 Å². The summed E-state index contributed by atoms with van der Waals surface area (Å²) in [5.74, 6) is -2.27. The van der Waals surface area contributed by atoms with E-state index in [9.17, 15) is 32.7 Å². The van der Waals surface area contributed by atoms with Gasteiger partial charge in [-0.25, -0.2) is 18.0 Å². The van der Waals surface area contributed by atoms with Gasteiger partial charge >= 0.3 is 18.2 Å². The molecule has 0 aliphatic heterocycles. The quantitative estimate of drug-likeness (QED) is 0.124. The summed E-state index contributed by atoms with van der Waals surface area (Å²) < 4.78 is 41.4. The molecule has 0 heterocycles. The van der Waals surface area contributed by atoms with Crippen LogP contribution in [0.15, 0.2) is 24.3 Å². The Bertz CT molecular complexity index is 1000. The number of aliphatic carboxylic acids is 1. The van der Waals surface area contributed by atoms with Crippen LogP contribution in [0.25, 0.3) is 0 Å². The second kappa shape index (κ2) is 17.8. The molecule has 1 aromatic rings. The van der Waals surface area contributed by atoms with Crippen molar-refractivity contribution in [2.75, 3.05) is 51.8 Å². The van der Waals surface area contributed by atoms with E-state index in [1.165, 1.54) is 12.1 Å². The summed E-state index contributed by atoms with van der Waals surface area (Å²) in [6.45, 7) is 1.77. The van der Waals surface area contributed by atoms with Crippen molar-refractivity contribution in [2.24, 2.45) is 5.73 Å². The number of unbranched alkanes of at least 4 members (excludes halogenated alkanes) is 1. The second-order valence-corrected chi connectivity index (χ2v) is 9.55. The standard InChI is InChI=1S/C22H35N5O10S/c1-2-3-11-36-21(31)24-9-13-37-22(32)25-10-14-38(33,34)27-18(20(29)30)15-26-19(28)16-4-6-17(7-5-16)35-12-8-23/h4-7,18,27H,2-3,8-15,23H2,1H3,(H,24,31)(H,25,32)(H,26,28)(H,29,30)/t18-/m0/s1. The molecule has 0 aromatic heterocycles. The summed E-state index contributed by atoms with van der Waals surface area (Å²) in [5, 5.41) is 16.3. The van der Waals surface area contributed by atoms with Gasteiger partial charge in [0.15, 0.2) is 0 Å². The Morgan fingerprint density at radius 3 is 2.18 bits per heavy atom. The Labute approximate surface area is 220 Å². The van der Waals surface area contributed by atoms with E-state index in [0.717, 1.165) is 12.8 Å². The number of alkyl carbamates (subject to hydrolysis) is 2. The summed E-state index contributed by atoms with van der Waals surface area (Å²) in [5.41, 5.74) is 5.56. The second-order valence-electron chi connectivity index (χ2n) is 7.68. The first-order chi connectivity index (χ1) is 18.1. The maximum absolute atomic E-state index is 12.3. The molecular weight excluding hydrogens is 526 g/mol. The van der Waals surface area contributed by atoms with Crippen LogP contribution in [0.2, 0.25) is 0 Å². The van der Waals surface area contributed by atoms with Crippen LogP contribution in [0, 0.1) is 0 Å². The van der Waals surface area contributed by atoms with Crippen molar-refractivity contribution in [3.8, 4) is 5.75 Å². The third-order valence-corrected chi connectivity index (χ3v) is 5.95. The van der Waals surface area contributed by atoms with Crippen molar-refractivity contribution in [1.29, 1.82) is 0 Å². The van der Waals surface area contributed by atoms with Gasteiger partial charge in [-0.3, -0.25) is 9.59 Å². The highest BCUT2D eigenvalue weighted by molar-refractivity contribution is 7.89. The molecule has 15 nitrogen and oxygen atoms in total. The normalized spacial score (nSPS) is 11.6. The number of hydrogen-bond donors (Lipinski definition) is 6. The molecule has 3 amide bonds. The van der Waals surface area contributed by atoms with E-state index in [-0.39, 0.29) is 31.9 Å². The van der Waals surface area contributed by atoms with E-state index in [0.29, 0.717) is 18.9 Å². The van der Waals surface area contributed by atoms with Crippen LogP contribution in [0.3, 0.4) is 0 Å². The van der Waals surface area contributed by atoms with Gasteiger partial charge in [-0.15, -0.1) is 0 Å². The summed E-state index contributed by atoms with van der Waals surface area (Å²) in [4.78, 5) is 46.8. The molecule has 16 heteroatoms. The summed E-state index contributed by atoms with van der Waals surface area (Å²) in [7, 11) is -4.15. The number of carbonyl (C=O) groups is 4. The molecule has 1 rings (SSSR count). The Morgan fingerprint density at radius 2 is 1.58 bits per heavy atom. The van der Waals surface area contributed by atoms with Crippen LogP contribution >= 0.6 is 0 Å². The highest BCUT2D eigenvalue weighted by Crippen LogP contribution is 2.12. The number of carboxylic acids is 1. The van der Waals surface area contributed by atoms with Gasteiger partial charge in [0.05, 0.1) is 18.9 Å². The van der Waals surface area contributed by atoms with Crippen molar-refractivity contribution >= 4 is 34.1 Å². The average molecular weight is 562 g/mol. The minimum absolute atomic E-state index is 0.00352. The molecule has 0 spiro atoms. The lowest BCUT2D eigenvalue weighted by atomic mass is 10.2. The molecule has 0 saturated heterocycles. The highest BCUT2D eigenvalue weighted by Gasteiger charge is 2.25. The van der Waals surface area contributed by atoms with E-state index in [1.54, 1.807) is 12.1 Å². The molecule has 0 saturated carbocycles.